The van der Waals surface area contributed by atoms with Crippen molar-refractivity contribution in [3.63, 3.8) is 0 Å². The molecule has 0 radical (unpaired) electrons. The first kappa shape index (κ1) is 13.4. The maximum atomic E-state index is 12.0. The summed E-state index contributed by atoms with van der Waals surface area (Å²) in [5, 5.41) is 1.06. The minimum absolute atomic E-state index is 0.332. The number of nitrogens with zero attached hydrogens (tertiary/aromatic N) is 1. The molecule has 0 fully saturated rings. The Kier molecular flexibility index (Phi) is 3.44. The highest BCUT2D eigenvalue weighted by Gasteiger charge is 2.18. The fourth-order valence-electron chi connectivity index (χ4n) is 2.62. The number of methoxy groups -OCH3 is 1. The summed E-state index contributed by atoms with van der Waals surface area (Å²) in [4.78, 5) is 15.2. The summed E-state index contributed by atoms with van der Waals surface area (Å²) >= 11 is 0. The largest absolute Gasteiger partial charge is 0.464 e. The summed E-state index contributed by atoms with van der Waals surface area (Å²) in [6.07, 6.45) is 4.73. The number of para-hydroxylation sites is 1. The predicted octanol–water partition coefficient (Wildman–Crippen LogP) is 2.37. The van der Waals surface area contributed by atoms with Gasteiger partial charge in [-0.05, 0) is 17.7 Å². The zero-order valence-corrected chi connectivity index (χ0v) is 12.1. The van der Waals surface area contributed by atoms with Crippen molar-refractivity contribution in [1.29, 1.82) is 0 Å². The Balaban J connectivity index is 2.13. The first-order valence-electron chi connectivity index (χ1n) is 6.81. The van der Waals surface area contributed by atoms with Gasteiger partial charge in [0.15, 0.2) is 12.4 Å². The van der Waals surface area contributed by atoms with Crippen LogP contribution in [0.1, 0.15) is 21.6 Å². The quantitative estimate of drug-likeness (QED) is 0.592. The maximum Gasteiger partial charge on any atom is 0.354 e. The number of benzene rings is 1. The number of rotatable bonds is 3. The maximum absolute atomic E-state index is 12.0. The highest BCUT2D eigenvalue weighted by molar-refractivity contribution is 5.98. The number of pyridine rings is 1. The Labute approximate surface area is 123 Å². The van der Waals surface area contributed by atoms with Gasteiger partial charge in [-0.25, -0.2) is 9.36 Å². The summed E-state index contributed by atoms with van der Waals surface area (Å²) in [7, 11) is 3.39. The molecule has 106 valence electrons. The fraction of sp³-hybridized carbons (Fsp3) is 0.176. The van der Waals surface area contributed by atoms with E-state index in [1.54, 1.807) is 0 Å². The fourth-order valence-corrected chi connectivity index (χ4v) is 2.62. The molecule has 3 rings (SSSR count). The number of fused-ring (bicyclic) bond motifs is 1. The topological polar surface area (TPSA) is 46.0 Å². The smallest absolute Gasteiger partial charge is 0.354 e. The number of aromatic nitrogens is 2. The predicted molar refractivity (Wildman–Crippen MR) is 80.1 cm³/mol. The normalized spacial score (nSPS) is 10.8. The first-order chi connectivity index (χ1) is 10.2. The molecule has 1 aromatic carbocycles. The van der Waals surface area contributed by atoms with E-state index in [0.29, 0.717) is 12.1 Å². The molecule has 4 nitrogen and oxygen atoms in total. The van der Waals surface area contributed by atoms with Crippen LogP contribution in [0.4, 0.5) is 0 Å². The molecule has 0 saturated carbocycles. The Morgan fingerprint density at radius 3 is 2.81 bits per heavy atom. The van der Waals surface area contributed by atoms with E-state index in [1.807, 2.05) is 48.1 Å². The number of aromatic amines is 1. The van der Waals surface area contributed by atoms with Crippen LogP contribution in [-0.4, -0.2) is 18.1 Å². The van der Waals surface area contributed by atoms with E-state index in [4.69, 9.17) is 4.74 Å². The number of carbonyl (C=O) groups is 1. The standard InChI is InChI=1S/C17H16N2O2/c1-19-9-5-6-12(11-19)10-14-13-7-3-4-8-15(13)18-16(14)17(20)21-2/h3-9,11H,10H2,1-2H3/p+1. The van der Waals surface area contributed by atoms with Crippen LogP contribution in [0.2, 0.25) is 0 Å². The van der Waals surface area contributed by atoms with Crippen molar-refractivity contribution in [3.05, 3.63) is 65.6 Å². The van der Waals surface area contributed by atoms with Crippen LogP contribution in [0, 0.1) is 0 Å². The number of esters is 1. The van der Waals surface area contributed by atoms with Crippen molar-refractivity contribution >= 4 is 16.9 Å². The third kappa shape index (κ3) is 2.52. The number of hydrogen-bond donors (Lipinski definition) is 1. The Morgan fingerprint density at radius 1 is 1.24 bits per heavy atom. The third-order valence-corrected chi connectivity index (χ3v) is 3.59. The van der Waals surface area contributed by atoms with Crippen molar-refractivity contribution in [2.75, 3.05) is 7.11 Å². The molecule has 0 spiro atoms. The summed E-state index contributed by atoms with van der Waals surface area (Å²) in [5.74, 6) is -0.332. The Bertz CT molecular complexity index is 805. The summed E-state index contributed by atoms with van der Waals surface area (Å²) < 4.78 is 6.89. The van der Waals surface area contributed by atoms with Gasteiger partial charge in [0, 0.05) is 29.0 Å². The SMILES string of the molecule is COC(=O)c1[nH]c2ccccc2c1Cc1ccc[n+](C)c1. The molecule has 0 saturated heterocycles. The minimum atomic E-state index is -0.332. The zero-order chi connectivity index (χ0) is 14.8. The van der Waals surface area contributed by atoms with Crippen LogP contribution in [0.5, 0.6) is 0 Å². The lowest BCUT2D eigenvalue weighted by molar-refractivity contribution is -0.671. The van der Waals surface area contributed by atoms with Gasteiger partial charge in [0.2, 0.25) is 0 Å². The molecule has 0 atom stereocenters. The highest BCUT2D eigenvalue weighted by atomic mass is 16.5. The third-order valence-electron chi connectivity index (χ3n) is 3.59. The Morgan fingerprint density at radius 2 is 2.05 bits per heavy atom. The number of nitrogens with one attached hydrogen (secondary N) is 1. The molecular weight excluding hydrogens is 264 g/mol. The number of hydrogen-bond acceptors (Lipinski definition) is 2. The van der Waals surface area contributed by atoms with Gasteiger partial charge >= 0.3 is 5.97 Å². The second kappa shape index (κ2) is 5.40. The van der Waals surface area contributed by atoms with Crippen molar-refractivity contribution < 1.29 is 14.1 Å². The van der Waals surface area contributed by atoms with E-state index in [1.165, 1.54) is 7.11 Å². The lowest BCUT2D eigenvalue weighted by atomic mass is 10.0. The minimum Gasteiger partial charge on any atom is -0.464 e. The first-order valence-corrected chi connectivity index (χ1v) is 6.81. The molecule has 0 aliphatic heterocycles. The van der Waals surface area contributed by atoms with Crippen LogP contribution in [-0.2, 0) is 18.2 Å². The van der Waals surface area contributed by atoms with Crippen molar-refractivity contribution in [1.82, 2.24) is 4.98 Å². The molecule has 0 aliphatic rings. The number of aryl methyl sites for hydroxylation is 1. The average Bonchev–Trinajstić information content (AvgIpc) is 2.85. The van der Waals surface area contributed by atoms with E-state index >= 15 is 0 Å². The van der Waals surface area contributed by atoms with Gasteiger partial charge in [-0.1, -0.05) is 18.2 Å². The second-order valence-corrected chi connectivity index (χ2v) is 5.07. The summed E-state index contributed by atoms with van der Waals surface area (Å²) in [6.45, 7) is 0. The number of carbonyl (C=O) groups excluding carboxylic acids is 1. The molecule has 0 amide bonds. The van der Waals surface area contributed by atoms with Gasteiger partial charge < -0.3 is 9.72 Å². The molecule has 0 aliphatic carbocycles. The van der Waals surface area contributed by atoms with Gasteiger partial charge in [-0.2, -0.15) is 0 Å². The lowest BCUT2D eigenvalue weighted by Crippen LogP contribution is -2.26. The monoisotopic (exact) mass is 281 g/mol. The molecule has 4 heteroatoms. The van der Waals surface area contributed by atoms with E-state index < -0.39 is 0 Å². The van der Waals surface area contributed by atoms with Crippen LogP contribution in [0.25, 0.3) is 10.9 Å². The van der Waals surface area contributed by atoms with E-state index in [0.717, 1.165) is 22.0 Å². The molecule has 21 heavy (non-hydrogen) atoms. The van der Waals surface area contributed by atoms with Gasteiger partial charge in [-0.3, -0.25) is 0 Å². The van der Waals surface area contributed by atoms with Crippen molar-refractivity contribution in [2.45, 2.75) is 6.42 Å². The van der Waals surface area contributed by atoms with E-state index in [-0.39, 0.29) is 5.97 Å². The molecule has 2 aromatic heterocycles. The number of H-pyrrole nitrogens is 1. The van der Waals surface area contributed by atoms with Crippen LogP contribution in [0.15, 0.2) is 48.8 Å². The zero-order valence-electron chi connectivity index (χ0n) is 12.1. The molecule has 2 heterocycles. The van der Waals surface area contributed by atoms with E-state index in [2.05, 4.69) is 17.2 Å². The van der Waals surface area contributed by atoms with Gasteiger partial charge in [0.05, 0.1) is 7.11 Å². The van der Waals surface area contributed by atoms with E-state index in [9.17, 15) is 4.79 Å². The van der Waals surface area contributed by atoms with Gasteiger partial charge in [-0.15, -0.1) is 0 Å². The van der Waals surface area contributed by atoms with Crippen LogP contribution >= 0.6 is 0 Å². The molecule has 3 aromatic rings. The average molecular weight is 281 g/mol. The van der Waals surface area contributed by atoms with Crippen LogP contribution < -0.4 is 4.57 Å². The molecular formula is C17H17N2O2+. The van der Waals surface area contributed by atoms with Gasteiger partial charge in [0.1, 0.15) is 12.7 Å². The summed E-state index contributed by atoms with van der Waals surface area (Å²) in [6, 6.07) is 12.0. The van der Waals surface area contributed by atoms with Crippen molar-refractivity contribution in [2.24, 2.45) is 7.05 Å². The van der Waals surface area contributed by atoms with Crippen molar-refractivity contribution in [3.8, 4) is 0 Å². The summed E-state index contributed by atoms with van der Waals surface area (Å²) in [5.41, 5.74) is 3.61. The Hall–Kier alpha value is -2.62. The number of ether oxygens (including phenoxy) is 1. The van der Waals surface area contributed by atoms with Crippen LogP contribution in [0.3, 0.4) is 0 Å². The molecule has 0 unspecified atom stereocenters. The van der Waals surface area contributed by atoms with Gasteiger partial charge in [0.25, 0.3) is 0 Å². The highest BCUT2D eigenvalue weighted by Crippen LogP contribution is 2.25. The lowest BCUT2D eigenvalue weighted by Gasteiger charge is -2.03. The second-order valence-electron chi connectivity index (χ2n) is 5.07. The molecule has 1 N–H and O–H groups in total. The molecule has 0 bridgehead atoms.